The summed E-state index contributed by atoms with van der Waals surface area (Å²) in [7, 11) is 0. The highest BCUT2D eigenvalue weighted by atomic mass is 32.2. The van der Waals surface area contributed by atoms with E-state index in [1.165, 1.54) is 29.0 Å². The Labute approximate surface area is 125 Å². The van der Waals surface area contributed by atoms with Gasteiger partial charge in [-0.25, -0.2) is 0 Å². The molecule has 1 aliphatic rings. The molecule has 2 N–H and O–H groups in total. The molecule has 2 aromatic carbocycles. The van der Waals surface area contributed by atoms with Gasteiger partial charge < -0.3 is 10.6 Å². The van der Waals surface area contributed by atoms with Crippen LogP contribution in [0.15, 0.2) is 53.4 Å². The first-order chi connectivity index (χ1) is 9.83. The van der Waals surface area contributed by atoms with Crippen molar-refractivity contribution in [2.24, 2.45) is 0 Å². The van der Waals surface area contributed by atoms with E-state index in [9.17, 15) is 0 Å². The zero-order valence-corrected chi connectivity index (χ0v) is 12.4. The van der Waals surface area contributed by atoms with Gasteiger partial charge in [0.25, 0.3) is 0 Å². The maximum atomic E-state index is 5.93. The summed E-state index contributed by atoms with van der Waals surface area (Å²) in [6.07, 6.45) is 2.42. The van der Waals surface area contributed by atoms with Gasteiger partial charge in [-0.05, 0) is 42.7 Å². The summed E-state index contributed by atoms with van der Waals surface area (Å²) in [5.41, 5.74) is 9.58. The Morgan fingerprint density at radius 3 is 2.80 bits per heavy atom. The SMILES string of the molecule is Nc1ccc2c(c1)N(CCSc1ccccc1)CCC2. The van der Waals surface area contributed by atoms with E-state index in [2.05, 4.69) is 47.4 Å². The third-order valence-corrected chi connectivity index (χ3v) is 4.69. The Balaban J connectivity index is 1.63. The number of aryl methyl sites for hydroxylation is 1. The molecule has 3 rings (SSSR count). The van der Waals surface area contributed by atoms with Gasteiger partial charge in [0.15, 0.2) is 0 Å². The van der Waals surface area contributed by atoms with E-state index < -0.39 is 0 Å². The monoisotopic (exact) mass is 284 g/mol. The fourth-order valence-corrected chi connectivity index (χ4v) is 3.59. The van der Waals surface area contributed by atoms with E-state index in [0.717, 1.165) is 24.5 Å². The summed E-state index contributed by atoms with van der Waals surface area (Å²) in [5.74, 6) is 1.11. The average Bonchev–Trinajstić information content (AvgIpc) is 2.49. The molecule has 0 aromatic heterocycles. The molecule has 1 aliphatic heterocycles. The van der Waals surface area contributed by atoms with Crippen molar-refractivity contribution in [2.45, 2.75) is 17.7 Å². The number of nitrogens with two attached hydrogens (primary N) is 1. The standard InChI is InChI=1S/C17H20N2S/c18-15-9-8-14-5-4-10-19(17(14)13-15)11-12-20-16-6-2-1-3-7-16/h1-3,6-9,13H,4-5,10-12,18H2. The molecule has 0 fully saturated rings. The number of fused-ring (bicyclic) bond motifs is 1. The van der Waals surface area contributed by atoms with Gasteiger partial charge in [0.1, 0.15) is 0 Å². The van der Waals surface area contributed by atoms with E-state index in [1.807, 2.05) is 17.8 Å². The van der Waals surface area contributed by atoms with Crippen LogP contribution in [0.4, 0.5) is 11.4 Å². The average molecular weight is 284 g/mol. The quantitative estimate of drug-likeness (QED) is 0.684. The van der Waals surface area contributed by atoms with Crippen LogP contribution >= 0.6 is 11.8 Å². The highest BCUT2D eigenvalue weighted by Crippen LogP contribution is 2.29. The van der Waals surface area contributed by atoms with Crippen LogP contribution in [0.5, 0.6) is 0 Å². The Bertz CT molecular complexity index is 568. The minimum absolute atomic E-state index is 0.867. The van der Waals surface area contributed by atoms with Gasteiger partial charge in [0.05, 0.1) is 0 Å². The number of nitrogens with zero attached hydrogens (tertiary/aromatic N) is 1. The van der Waals surface area contributed by atoms with Crippen LogP contribution in [0.25, 0.3) is 0 Å². The summed E-state index contributed by atoms with van der Waals surface area (Å²) in [6, 6.07) is 16.9. The Morgan fingerprint density at radius 1 is 1.10 bits per heavy atom. The highest BCUT2D eigenvalue weighted by Gasteiger charge is 2.16. The highest BCUT2D eigenvalue weighted by molar-refractivity contribution is 7.99. The molecule has 0 bridgehead atoms. The van der Waals surface area contributed by atoms with Crippen LogP contribution in [0, 0.1) is 0 Å². The molecule has 20 heavy (non-hydrogen) atoms. The molecular formula is C17H20N2S. The second-order valence-corrected chi connectivity index (χ2v) is 6.31. The van der Waals surface area contributed by atoms with Crippen LogP contribution in [0.2, 0.25) is 0 Å². The zero-order valence-electron chi connectivity index (χ0n) is 11.6. The van der Waals surface area contributed by atoms with E-state index in [0.29, 0.717) is 0 Å². The maximum Gasteiger partial charge on any atom is 0.0419 e. The smallest absolute Gasteiger partial charge is 0.0419 e. The first kappa shape index (κ1) is 13.4. The molecule has 2 aromatic rings. The second kappa shape index (κ2) is 6.23. The number of nitrogen functional groups attached to an aromatic ring is 1. The largest absolute Gasteiger partial charge is 0.399 e. The van der Waals surface area contributed by atoms with Gasteiger partial charge in [-0.1, -0.05) is 24.3 Å². The van der Waals surface area contributed by atoms with Crippen LogP contribution in [0.3, 0.4) is 0 Å². The first-order valence-electron chi connectivity index (χ1n) is 7.14. The van der Waals surface area contributed by atoms with Crippen molar-refractivity contribution in [3.8, 4) is 0 Å². The van der Waals surface area contributed by atoms with Crippen molar-refractivity contribution >= 4 is 23.1 Å². The van der Waals surface area contributed by atoms with Crippen LogP contribution in [-0.2, 0) is 6.42 Å². The third-order valence-electron chi connectivity index (χ3n) is 3.70. The predicted octanol–water partition coefficient (Wildman–Crippen LogP) is 3.81. The fourth-order valence-electron chi connectivity index (χ4n) is 2.69. The number of rotatable bonds is 4. The molecule has 0 saturated heterocycles. The minimum atomic E-state index is 0.867. The summed E-state index contributed by atoms with van der Waals surface area (Å²) >= 11 is 1.92. The predicted molar refractivity (Wildman–Crippen MR) is 88.6 cm³/mol. The van der Waals surface area contributed by atoms with Crippen LogP contribution in [-0.4, -0.2) is 18.8 Å². The van der Waals surface area contributed by atoms with E-state index in [4.69, 9.17) is 5.73 Å². The molecule has 0 spiro atoms. The number of benzene rings is 2. The van der Waals surface area contributed by atoms with Crippen LogP contribution in [0.1, 0.15) is 12.0 Å². The molecule has 3 heteroatoms. The van der Waals surface area contributed by atoms with Crippen molar-refractivity contribution in [1.82, 2.24) is 0 Å². The number of anilines is 2. The lowest BCUT2D eigenvalue weighted by Crippen LogP contribution is -2.31. The molecule has 1 heterocycles. The maximum absolute atomic E-state index is 5.93. The van der Waals surface area contributed by atoms with Crippen molar-refractivity contribution < 1.29 is 0 Å². The molecule has 2 nitrogen and oxygen atoms in total. The Hall–Kier alpha value is -1.61. The fraction of sp³-hybridized carbons (Fsp3) is 0.294. The second-order valence-electron chi connectivity index (χ2n) is 5.14. The van der Waals surface area contributed by atoms with Gasteiger partial charge >= 0.3 is 0 Å². The van der Waals surface area contributed by atoms with Crippen molar-refractivity contribution in [2.75, 3.05) is 29.5 Å². The molecule has 0 atom stereocenters. The Morgan fingerprint density at radius 2 is 1.95 bits per heavy atom. The first-order valence-corrected chi connectivity index (χ1v) is 8.13. The number of thioether (sulfide) groups is 1. The number of hydrogen-bond donors (Lipinski definition) is 1. The van der Waals surface area contributed by atoms with Crippen molar-refractivity contribution in [3.05, 3.63) is 54.1 Å². The minimum Gasteiger partial charge on any atom is -0.399 e. The van der Waals surface area contributed by atoms with Crippen molar-refractivity contribution in [3.63, 3.8) is 0 Å². The molecule has 0 saturated carbocycles. The van der Waals surface area contributed by atoms with Gasteiger partial charge in [0, 0.05) is 35.1 Å². The van der Waals surface area contributed by atoms with E-state index >= 15 is 0 Å². The lowest BCUT2D eigenvalue weighted by atomic mass is 10.0. The van der Waals surface area contributed by atoms with Gasteiger partial charge in [-0.3, -0.25) is 0 Å². The third kappa shape index (κ3) is 3.10. The summed E-state index contributed by atoms with van der Waals surface area (Å²) < 4.78 is 0. The molecule has 0 radical (unpaired) electrons. The number of hydrogen-bond acceptors (Lipinski definition) is 3. The van der Waals surface area contributed by atoms with E-state index in [1.54, 1.807) is 0 Å². The van der Waals surface area contributed by atoms with Crippen LogP contribution < -0.4 is 10.6 Å². The Kier molecular flexibility index (Phi) is 4.16. The lowest BCUT2D eigenvalue weighted by molar-refractivity contribution is 0.710. The topological polar surface area (TPSA) is 29.3 Å². The zero-order chi connectivity index (χ0) is 13.8. The summed E-state index contributed by atoms with van der Waals surface area (Å²) in [5, 5.41) is 0. The normalized spacial score (nSPS) is 14.1. The van der Waals surface area contributed by atoms with Gasteiger partial charge in [0.2, 0.25) is 0 Å². The molecule has 0 aliphatic carbocycles. The molecule has 0 unspecified atom stereocenters. The molecular weight excluding hydrogens is 264 g/mol. The molecule has 0 amide bonds. The summed E-state index contributed by atoms with van der Waals surface area (Å²) in [4.78, 5) is 3.82. The van der Waals surface area contributed by atoms with Gasteiger partial charge in [-0.2, -0.15) is 0 Å². The lowest BCUT2D eigenvalue weighted by Gasteiger charge is -2.31. The van der Waals surface area contributed by atoms with Gasteiger partial charge in [-0.15, -0.1) is 11.8 Å². The van der Waals surface area contributed by atoms with E-state index in [-0.39, 0.29) is 0 Å². The summed E-state index contributed by atoms with van der Waals surface area (Å²) in [6.45, 7) is 2.22. The van der Waals surface area contributed by atoms with Crippen molar-refractivity contribution in [1.29, 1.82) is 0 Å². The molecule has 104 valence electrons.